The molecule has 0 radical (unpaired) electrons. The number of nitrogens with one attached hydrogen (secondary N) is 1. The molecule has 1 aromatic rings. The lowest BCUT2D eigenvalue weighted by Crippen LogP contribution is -2.48. The summed E-state index contributed by atoms with van der Waals surface area (Å²) in [6.45, 7) is 3.97. The molecule has 0 saturated heterocycles. The summed E-state index contributed by atoms with van der Waals surface area (Å²) in [5.74, 6) is -0.808. The number of hydrogen-bond donors (Lipinski definition) is 1. The molecule has 0 aliphatic carbocycles. The van der Waals surface area contributed by atoms with Crippen LogP contribution in [-0.4, -0.2) is 31.6 Å². The quantitative estimate of drug-likeness (QED) is 0.873. The van der Waals surface area contributed by atoms with Gasteiger partial charge in [0.05, 0.1) is 6.04 Å². The Balaban J connectivity index is 3.22. The molecule has 0 fully saturated rings. The van der Waals surface area contributed by atoms with Gasteiger partial charge in [0.25, 0.3) is 0 Å². The largest absolute Gasteiger partial charge is 0.311 e. The van der Waals surface area contributed by atoms with Gasteiger partial charge >= 0.3 is 0 Å². The number of halogens is 2. The third-order valence-electron chi connectivity index (χ3n) is 3.42. The lowest BCUT2D eigenvalue weighted by molar-refractivity contribution is 0.140. The Bertz CT molecular complexity index is 389. The average molecular weight is 242 g/mol. The molecule has 0 aliphatic heterocycles. The van der Waals surface area contributed by atoms with Crippen LogP contribution in [0.5, 0.6) is 0 Å². The second-order valence-electron chi connectivity index (χ2n) is 4.94. The van der Waals surface area contributed by atoms with E-state index in [1.54, 1.807) is 7.05 Å². The average Bonchev–Trinajstić information content (AvgIpc) is 2.23. The van der Waals surface area contributed by atoms with E-state index >= 15 is 0 Å². The third-order valence-corrected chi connectivity index (χ3v) is 3.42. The highest BCUT2D eigenvalue weighted by Crippen LogP contribution is 2.31. The van der Waals surface area contributed by atoms with Crippen LogP contribution in [0.2, 0.25) is 0 Å². The molecule has 0 amide bonds. The molecule has 96 valence electrons. The molecule has 1 N–H and O–H groups in total. The summed E-state index contributed by atoms with van der Waals surface area (Å²) in [5, 5.41) is 3.06. The first-order valence-electron chi connectivity index (χ1n) is 5.60. The van der Waals surface area contributed by atoms with Gasteiger partial charge in [-0.1, -0.05) is 0 Å². The molecule has 0 aliphatic rings. The van der Waals surface area contributed by atoms with Crippen LogP contribution in [0.1, 0.15) is 25.5 Å². The van der Waals surface area contributed by atoms with Gasteiger partial charge in [0.1, 0.15) is 11.6 Å². The van der Waals surface area contributed by atoms with Gasteiger partial charge in [-0.2, -0.15) is 0 Å². The smallest absolute Gasteiger partial charge is 0.128 e. The standard InChI is InChI=1S/C13H20F2N2/c1-13(2,17(4)5)12(16-3)10-8-9(14)6-7-11(10)15/h6-8,12,16H,1-5H3. The molecule has 17 heavy (non-hydrogen) atoms. The fraction of sp³-hybridized carbons (Fsp3) is 0.538. The predicted octanol–water partition coefficient (Wildman–Crippen LogP) is 2.57. The highest BCUT2D eigenvalue weighted by atomic mass is 19.1. The van der Waals surface area contributed by atoms with E-state index in [2.05, 4.69) is 5.32 Å². The van der Waals surface area contributed by atoms with Crippen LogP contribution in [0.15, 0.2) is 18.2 Å². The molecule has 0 heterocycles. The maximum atomic E-state index is 13.8. The minimum absolute atomic E-state index is 0.284. The van der Waals surface area contributed by atoms with Crippen LogP contribution >= 0.6 is 0 Å². The molecule has 0 spiro atoms. The molecular weight excluding hydrogens is 222 g/mol. The molecule has 2 nitrogen and oxygen atoms in total. The zero-order valence-electron chi connectivity index (χ0n) is 11.0. The van der Waals surface area contributed by atoms with Crippen LogP contribution in [0.25, 0.3) is 0 Å². The van der Waals surface area contributed by atoms with Crippen molar-refractivity contribution in [1.82, 2.24) is 10.2 Å². The number of hydrogen-bond acceptors (Lipinski definition) is 2. The number of rotatable bonds is 4. The Labute approximate surface area is 102 Å². The van der Waals surface area contributed by atoms with Gasteiger partial charge in [0, 0.05) is 11.1 Å². The minimum Gasteiger partial charge on any atom is -0.311 e. The first kappa shape index (κ1) is 14.1. The lowest BCUT2D eigenvalue weighted by Gasteiger charge is -2.40. The van der Waals surface area contributed by atoms with E-state index < -0.39 is 5.82 Å². The lowest BCUT2D eigenvalue weighted by atomic mass is 9.87. The first-order valence-corrected chi connectivity index (χ1v) is 5.60. The number of likely N-dealkylation sites (N-methyl/N-ethyl adjacent to an activating group) is 2. The van der Waals surface area contributed by atoms with Crippen molar-refractivity contribution in [1.29, 1.82) is 0 Å². The highest BCUT2D eigenvalue weighted by Gasteiger charge is 2.33. The predicted molar refractivity (Wildman–Crippen MR) is 65.9 cm³/mol. The summed E-state index contributed by atoms with van der Waals surface area (Å²) in [5.41, 5.74) is 0.0230. The van der Waals surface area contributed by atoms with Crippen molar-refractivity contribution in [2.45, 2.75) is 25.4 Å². The summed E-state index contributed by atoms with van der Waals surface area (Å²) >= 11 is 0. The summed E-state index contributed by atoms with van der Waals surface area (Å²) in [7, 11) is 5.59. The van der Waals surface area contributed by atoms with Gasteiger partial charge in [-0.3, -0.25) is 0 Å². The number of nitrogens with zero attached hydrogens (tertiary/aromatic N) is 1. The van der Waals surface area contributed by atoms with Crippen LogP contribution in [0.3, 0.4) is 0 Å². The molecule has 4 heteroatoms. The molecule has 0 aromatic heterocycles. The van der Waals surface area contributed by atoms with E-state index in [1.165, 1.54) is 12.1 Å². The fourth-order valence-electron chi connectivity index (χ4n) is 1.88. The van der Waals surface area contributed by atoms with Gasteiger partial charge < -0.3 is 10.2 Å². The highest BCUT2D eigenvalue weighted by molar-refractivity contribution is 5.25. The Morgan fingerprint density at radius 2 is 1.82 bits per heavy atom. The Kier molecular flexibility index (Phi) is 4.22. The molecule has 0 saturated carbocycles. The second kappa shape index (κ2) is 5.10. The van der Waals surface area contributed by atoms with E-state index in [4.69, 9.17) is 0 Å². The van der Waals surface area contributed by atoms with Gasteiger partial charge in [0.15, 0.2) is 0 Å². The summed E-state index contributed by atoms with van der Waals surface area (Å²) in [6, 6.07) is 3.27. The zero-order valence-corrected chi connectivity index (χ0v) is 11.0. The van der Waals surface area contributed by atoms with E-state index in [0.29, 0.717) is 5.56 Å². The van der Waals surface area contributed by atoms with Crippen molar-refractivity contribution < 1.29 is 8.78 Å². The van der Waals surface area contributed by atoms with Crippen molar-refractivity contribution in [3.05, 3.63) is 35.4 Å². The van der Waals surface area contributed by atoms with Crippen molar-refractivity contribution in [3.63, 3.8) is 0 Å². The topological polar surface area (TPSA) is 15.3 Å². The van der Waals surface area contributed by atoms with E-state index in [-0.39, 0.29) is 17.4 Å². The second-order valence-corrected chi connectivity index (χ2v) is 4.94. The van der Waals surface area contributed by atoms with Crippen molar-refractivity contribution in [2.75, 3.05) is 21.1 Å². The van der Waals surface area contributed by atoms with Crippen LogP contribution in [0, 0.1) is 11.6 Å². The first-order chi connectivity index (χ1) is 7.80. The summed E-state index contributed by atoms with van der Waals surface area (Å²) in [6.07, 6.45) is 0. The fourth-order valence-corrected chi connectivity index (χ4v) is 1.88. The Morgan fingerprint density at radius 3 is 2.29 bits per heavy atom. The third kappa shape index (κ3) is 2.82. The molecule has 1 rings (SSSR count). The van der Waals surface area contributed by atoms with Crippen molar-refractivity contribution >= 4 is 0 Å². The number of benzene rings is 1. The summed E-state index contributed by atoms with van der Waals surface area (Å²) < 4.78 is 27.0. The monoisotopic (exact) mass is 242 g/mol. The van der Waals surface area contributed by atoms with Crippen LogP contribution in [-0.2, 0) is 0 Å². The van der Waals surface area contributed by atoms with Gasteiger partial charge in [-0.05, 0) is 53.2 Å². The van der Waals surface area contributed by atoms with Gasteiger partial charge in [0.2, 0.25) is 0 Å². The Hall–Kier alpha value is -1.00. The zero-order chi connectivity index (χ0) is 13.2. The summed E-state index contributed by atoms with van der Waals surface area (Å²) in [4.78, 5) is 1.98. The normalized spacial score (nSPS) is 14.1. The van der Waals surface area contributed by atoms with Crippen molar-refractivity contribution in [3.8, 4) is 0 Å². The molecule has 1 unspecified atom stereocenters. The van der Waals surface area contributed by atoms with E-state index in [0.717, 1.165) is 6.07 Å². The molecule has 1 aromatic carbocycles. The molecular formula is C13H20F2N2. The maximum Gasteiger partial charge on any atom is 0.128 e. The minimum atomic E-state index is -0.420. The van der Waals surface area contributed by atoms with E-state index in [1.807, 2.05) is 32.8 Å². The van der Waals surface area contributed by atoms with Gasteiger partial charge in [-0.25, -0.2) is 8.78 Å². The van der Waals surface area contributed by atoms with Crippen LogP contribution < -0.4 is 5.32 Å². The maximum absolute atomic E-state index is 13.8. The van der Waals surface area contributed by atoms with Gasteiger partial charge in [-0.15, -0.1) is 0 Å². The van der Waals surface area contributed by atoms with Crippen molar-refractivity contribution in [2.24, 2.45) is 0 Å². The molecule has 0 bridgehead atoms. The Morgan fingerprint density at radius 1 is 1.24 bits per heavy atom. The van der Waals surface area contributed by atoms with Crippen LogP contribution in [0.4, 0.5) is 8.78 Å². The van der Waals surface area contributed by atoms with E-state index in [9.17, 15) is 8.78 Å². The SMILES string of the molecule is CNC(c1cc(F)ccc1F)C(C)(C)N(C)C. The molecule has 1 atom stereocenters.